The van der Waals surface area contributed by atoms with Crippen LogP contribution in [0.1, 0.15) is 5.56 Å². The lowest BCUT2D eigenvalue weighted by atomic mass is 10.1. The van der Waals surface area contributed by atoms with Crippen molar-refractivity contribution < 1.29 is 22.7 Å². The van der Waals surface area contributed by atoms with Gasteiger partial charge in [-0.25, -0.2) is 0 Å². The van der Waals surface area contributed by atoms with E-state index in [2.05, 4.69) is 4.74 Å². The molecule has 18 heavy (non-hydrogen) atoms. The lowest BCUT2D eigenvalue weighted by Gasteiger charge is -2.08. The molecular formula is C11H9Cl2F3O2. The van der Waals surface area contributed by atoms with Crippen molar-refractivity contribution in [1.82, 2.24) is 0 Å². The lowest BCUT2D eigenvalue weighted by Crippen LogP contribution is -2.21. The zero-order chi connectivity index (χ0) is 13.8. The van der Waals surface area contributed by atoms with Gasteiger partial charge in [-0.3, -0.25) is 4.79 Å². The van der Waals surface area contributed by atoms with Crippen molar-refractivity contribution >= 4 is 29.0 Å². The van der Waals surface area contributed by atoms with Crippen LogP contribution in [0.4, 0.5) is 13.2 Å². The van der Waals surface area contributed by atoms with E-state index in [0.717, 1.165) is 0 Å². The third-order valence-electron chi connectivity index (χ3n) is 1.95. The summed E-state index contributed by atoms with van der Waals surface area (Å²) < 4.78 is 39.6. The highest BCUT2D eigenvalue weighted by Gasteiger charge is 2.27. The molecule has 0 radical (unpaired) electrons. The molecule has 0 aliphatic heterocycles. The lowest BCUT2D eigenvalue weighted by molar-refractivity contribution is -0.175. The van der Waals surface area contributed by atoms with Crippen molar-refractivity contribution in [1.29, 1.82) is 0 Å². The van der Waals surface area contributed by atoms with Crippen LogP contribution in [0, 0.1) is 0 Å². The summed E-state index contributed by atoms with van der Waals surface area (Å²) in [7, 11) is 0. The number of hydrogen-bond donors (Lipinski definition) is 0. The number of carbonyl (C=O) groups excluding carboxylic acids is 1. The number of halogens is 5. The Morgan fingerprint density at radius 3 is 2.56 bits per heavy atom. The highest BCUT2D eigenvalue weighted by atomic mass is 35.5. The fourth-order valence-electron chi connectivity index (χ4n) is 1.23. The molecule has 2 nitrogen and oxygen atoms in total. The molecule has 0 saturated heterocycles. The van der Waals surface area contributed by atoms with E-state index in [0.29, 0.717) is 5.56 Å². The quantitative estimate of drug-likeness (QED) is 0.829. The van der Waals surface area contributed by atoms with Gasteiger partial charge >= 0.3 is 6.18 Å². The van der Waals surface area contributed by atoms with Crippen molar-refractivity contribution in [3.63, 3.8) is 0 Å². The number of alkyl halides is 3. The smallest absolute Gasteiger partial charge is 0.364 e. The average Bonchev–Trinajstić information content (AvgIpc) is 2.23. The maximum atomic E-state index is 11.8. The zero-order valence-corrected chi connectivity index (χ0v) is 10.6. The Balaban J connectivity index is 2.48. The van der Waals surface area contributed by atoms with E-state index in [-0.39, 0.29) is 16.5 Å². The largest absolute Gasteiger partial charge is 0.411 e. The van der Waals surface area contributed by atoms with Crippen LogP contribution in [0.25, 0.3) is 0 Å². The minimum Gasteiger partial charge on any atom is -0.364 e. The summed E-state index contributed by atoms with van der Waals surface area (Å²) in [4.78, 5) is 11.4. The standard InChI is InChI=1S/C11H9Cl2F3O2/c12-9-3-1-2-7(10(9)13)4-8(17)5-18-6-11(14,15)16/h1-3H,4-6H2. The predicted octanol–water partition coefficient (Wildman–Crippen LogP) is 3.68. The van der Waals surface area contributed by atoms with Crippen LogP contribution in [0.2, 0.25) is 10.0 Å². The third kappa shape index (κ3) is 5.25. The summed E-state index contributed by atoms with van der Waals surface area (Å²) >= 11 is 11.6. The Bertz CT molecular complexity index is 433. The second-order valence-electron chi connectivity index (χ2n) is 3.54. The van der Waals surface area contributed by atoms with Crippen LogP contribution >= 0.6 is 23.2 Å². The fourth-order valence-corrected chi connectivity index (χ4v) is 1.62. The molecule has 0 amide bonds. The van der Waals surface area contributed by atoms with Crippen molar-refractivity contribution in [3.8, 4) is 0 Å². The van der Waals surface area contributed by atoms with Gasteiger partial charge in [0.2, 0.25) is 0 Å². The van der Waals surface area contributed by atoms with Gasteiger partial charge in [-0.2, -0.15) is 13.2 Å². The molecule has 0 N–H and O–H groups in total. The van der Waals surface area contributed by atoms with Crippen LogP contribution in [0.15, 0.2) is 18.2 Å². The van der Waals surface area contributed by atoms with Crippen molar-refractivity contribution in [2.75, 3.05) is 13.2 Å². The molecule has 1 aromatic rings. The zero-order valence-electron chi connectivity index (χ0n) is 9.06. The van der Waals surface area contributed by atoms with Crippen LogP contribution in [-0.4, -0.2) is 25.2 Å². The third-order valence-corrected chi connectivity index (χ3v) is 2.81. The molecule has 0 atom stereocenters. The van der Waals surface area contributed by atoms with Gasteiger partial charge < -0.3 is 4.74 Å². The second kappa shape index (κ2) is 6.41. The molecule has 0 saturated carbocycles. The molecule has 0 aromatic heterocycles. The minimum atomic E-state index is -4.44. The average molecular weight is 301 g/mol. The molecule has 0 heterocycles. The minimum absolute atomic E-state index is 0.114. The Hall–Kier alpha value is -0.780. The van der Waals surface area contributed by atoms with E-state index in [1.54, 1.807) is 18.2 Å². The SMILES string of the molecule is O=C(COCC(F)(F)F)Cc1cccc(Cl)c1Cl. The van der Waals surface area contributed by atoms with Gasteiger partial charge in [0.25, 0.3) is 0 Å². The highest BCUT2D eigenvalue weighted by molar-refractivity contribution is 6.42. The van der Waals surface area contributed by atoms with Gasteiger partial charge in [0.1, 0.15) is 13.2 Å². The summed E-state index contributed by atoms with van der Waals surface area (Å²) in [5.74, 6) is -0.497. The van der Waals surface area contributed by atoms with Crippen LogP contribution in [0.3, 0.4) is 0 Å². The maximum Gasteiger partial charge on any atom is 0.411 e. The molecular weight excluding hydrogens is 292 g/mol. The summed E-state index contributed by atoms with van der Waals surface area (Å²) in [6.45, 7) is -2.05. The van der Waals surface area contributed by atoms with E-state index >= 15 is 0 Å². The molecule has 0 spiro atoms. The van der Waals surface area contributed by atoms with E-state index in [4.69, 9.17) is 23.2 Å². The van der Waals surface area contributed by atoms with Crippen molar-refractivity contribution in [3.05, 3.63) is 33.8 Å². The van der Waals surface area contributed by atoms with Gasteiger partial charge in [-0.05, 0) is 11.6 Å². The molecule has 0 bridgehead atoms. The first-order chi connectivity index (χ1) is 8.29. The topological polar surface area (TPSA) is 26.3 Å². The molecule has 0 aliphatic carbocycles. The Morgan fingerprint density at radius 1 is 1.28 bits per heavy atom. The van der Waals surface area contributed by atoms with E-state index in [1.807, 2.05) is 0 Å². The first-order valence-electron chi connectivity index (χ1n) is 4.88. The Morgan fingerprint density at radius 2 is 1.94 bits per heavy atom. The molecule has 1 aromatic carbocycles. The number of Topliss-reactive ketones (excluding diaryl/α,β-unsaturated/α-hetero) is 1. The van der Waals surface area contributed by atoms with E-state index in [9.17, 15) is 18.0 Å². The Labute approximate surface area is 112 Å². The number of ether oxygens (including phenoxy) is 1. The molecule has 100 valence electrons. The number of benzene rings is 1. The summed E-state index contributed by atoms with van der Waals surface area (Å²) in [5, 5.41) is 0.515. The van der Waals surface area contributed by atoms with Crippen LogP contribution in [0.5, 0.6) is 0 Å². The highest BCUT2D eigenvalue weighted by Crippen LogP contribution is 2.25. The number of rotatable bonds is 5. The fraction of sp³-hybridized carbons (Fsp3) is 0.364. The van der Waals surface area contributed by atoms with Gasteiger partial charge in [-0.15, -0.1) is 0 Å². The second-order valence-corrected chi connectivity index (χ2v) is 4.32. The normalized spacial score (nSPS) is 11.6. The van der Waals surface area contributed by atoms with Gasteiger partial charge in [0.05, 0.1) is 10.0 Å². The first-order valence-corrected chi connectivity index (χ1v) is 5.64. The molecule has 0 unspecified atom stereocenters. The van der Waals surface area contributed by atoms with E-state index < -0.39 is 25.2 Å². The van der Waals surface area contributed by atoms with Crippen LogP contribution < -0.4 is 0 Å². The van der Waals surface area contributed by atoms with Gasteiger partial charge in [-0.1, -0.05) is 35.3 Å². The van der Waals surface area contributed by atoms with E-state index in [1.165, 1.54) is 0 Å². The van der Waals surface area contributed by atoms with Crippen molar-refractivity contribution in [2.45, 2.75) is 12.6 Å². The Kier molecular flexibility index (Phi) is 5.44. The molecule has 0 aliphatic rings. The van der Waals surface area contributed by atoms with Crippen LogP contribution in [-0.2, 0) is 16.0 Å². The molecule has 0 fully saturated rings. The predicted molar refractivity (Wildman–Crippen MR) is 62.0 cm³/mol. The molecule has 1 rings (SSSR count). The number of carbonyl (C=O) groups is 1. The maximum absolute atomic E-state index is 11.8. The van der Waals surface area contributed by atoms with Crippen molar-refractivity contribution in [2.24, 2.45) is 0 Å². The summed E-state index contributed by atoms with van der Waals surface area (Å²) in [5.41, 5.74) is 0.463. The number of hydrogen-bond acceptors (Lipinski definition) is 2. The monoisotopic (exact) mass is 300 g/mol. The summed E-state index contributed by atoms with van der Waals surface area (Å²) in [6.07, 6.45) is -4.55. The molecule has 7 heteroatoms. The summed E-state index contributed by atoms with van der Waals surface area (Å²) in [6, 6.07) is 4.74. The van der Waals surface area contributed by atoms with Gasteiger partial charge in [0.15, 0.2) is 5.78 Å². The number of ketones is 1. The first kappa shape index (κ1) is 15.3. The van der Waals surface area contributed by atoms with Gasteiger partial charge in [0, 0.05) is 6.42 Å².